The molecule has 0 aliphatic carbocycles. The number of hydrogen-bond acceptors (Lipinski definition) is 4. The van der Waals surface area contributed by atoms with E-state index in [0.717, 1.165) is 52.1 Å². The predicted octanol–water partition coefficient (Wildman–Crippen LogP) is 0.205. The number of carbonyl (C=O) groups is 2. The summed E-state index contributed by atoms with van der Waals surface area (Å²) in [4.78, 5) is 29.7. The lowest BCUT2D eigenvalue weighted by Gasteiger charge is -2.36. The van der Waals surface area contributed by atoms with E-state index in [1.807, 2.05) is 4.90 Å². The largest absolute Gasteiger partial charge is 0.349 e. The van der Waals surface area contributed by atoms with Crippen LogP contribution in [-0.4, -0.2) is 85.9 Å². The van der Waals surface area contributed by atoms with Gasteiger partial charge in [-0.15, -0.1) is 24.8 Å². The third kappa shape index (κ3) is 5.91. The first kappa shape index (κ1) is 21.4. The molecule has 2 heterocycles. The van der Waals surface area contributed by atoms with Crippen LogP contribution in [0.1, 0.15) is 19.3 Å². The summed E-state index contributed by atoms with van der Waals surface area (Å²) in [6, 6.07) is 0.0388. The van der Waals surface area contributed by atoms with Crippen LogP contribution < -0.4 is 5.32 Å². The predicted molar refractivity (Wildman–Crippen MR) is 91.9 cm³/mol. The molecule has 2 fully saturated rings. The molecule has 0 saturated carbocycles. The van der Waals surface area contributed by atoms with Gasteiger partial charge < -0.3 is 15.1 Å². The Bertz CT molecular complexity index is 355. The first-order valence-electron chi connectivity index (χ1n) is 7.52. The maximum atomic E-state index is 12.2. The molecule has 22 heavy (non-hydrogen) atoms. The minimum absolute atomic E-state index is 0. The highest BCUT2D eigenvalue weighted by Crippen LogP contribution is 2.11. The summed E-state index contributed by atoms with van der Waals surface area (Å²) < 4.78 is 0. The SMILES string of the molecule is CN(C)C(=O)CCN1CCN(C(=O)C2CCCN2)CC1.Cl.Cl. The van der Waals surface area contributed by atoms with Crippen LogP contribution in [0.2, 0.25) is 0 Å². The summed E-state index contributed by atoms with van der Waals surface area (Å²) in [5.41, 5.74) is 0. The summed E-state index contributed by atoms with van der Waals surface area (Å²) in [7, 11) is 3.57. The first-order valence-corrected chi connectivity index (χ1v) is 7.52. The molecule has 2 saturated heterocycles. The minimum Gasteiger partial charge on any atom is -0.349 e. The number of hydrogen-bond donors (Lipinski definition) is 1. The molecule has 0 aromatic rings. The molecule has 2 aliphatic rings. The Morgan fingerprint density at radius 1 is 1.14 bits per heavy atom. The average molecular weight is 355 g/mol. The Morgan fingerprint density at radius 3 is 2.27 bits per heavy atom. The van der Waals surface area contributed by atoms with Crippen LogP contribution in [0, 0.1) is 0 Å². The number of halogens is 2. The van der Waals surface area contributed by atoms with E-state index in [1.165, 1.54) is 0 Å². The van der Waals surface area contributed by atoms with Gasteiger partial charge in [0.1, 0.15) is 0 Å². The standard InChI is InChI=1S/C14H26N4O2.2ClH/c1-16(2)13(19)5-7-17-8-10-18(11-9-17)14(20)12-4-3-6-15-12;;/h12,15H,3-11H2,1-2H3;2*1H. The maximum Gasteiger partial charge on any atom is 0.239 e. The number of carbonyl (C=O) groups excluding carboxylic acids is 2. The van der Waals surface area contributed by atoms with Crippen LogP contribution in [-0.2, 0) is 9.59 Å². The molecule has 2 aliphatic heterocycles. The maximum absolute atomic E-state index is 12.2. The molecule has 1 atom stereocenters. The smallest absolute Gasteiger partial charge is 0.239 e. The minimum atomic E-state index is 0. The number of amides is 2. The molecule has 130 valence electrons. The quantitative estimate of drug-likeness (QED) is 0.783. The molecule has 1 N–H and O–H groups in total. The number of rotatable bonds is 4. The zero-order valence-corrected chi connectivity index (χ0v) is 15.0. The highest BCUT2D eigenvalue weighted by molar-refractivity contribution is 5.85. The van der Waals surface area contributed by atoms with Gasteiger partial charge in [-0.05, 0) is 19.4 Å². The van der Waals surface area contributed by atoms with Gasteiger partial charge in [0.05, 0.1) is 6.04 Å². The van der Waals surface area contributed by atoms with Crippen LogP contribution in [0.5, 0.6) is 0 Å². The van der Waals surface area contributed by atoms with E-state index >= 15 is 0 Å². The molecule has 0 radical (unpaired) electrons. The highest BCUT2D eigenvalue weighted by atomic mass is 35.5. The number of piperazine rings is 1. The Labute approximate surface area is 145 Å². The third-order valence-corrected chi connectivity index (χ3v) is 4.18. The highest BCUT2D eigenvalue weighted by Gasteiger charge is 2.29. The van der Waals surface area contributed by atoms with Crippen molar-refractivity contribution in [3.05, 3.63) is 0 Å². The van der Waals surface area contributed by atoms with Gasteiger partial charge in [0, 0.05) is 53.2 Å². The van der Waals surface area contributed by atoms with Gasteiger partial charge in [-0.2, -0.15) is 0 Å². The van der Waals surface area contributed by atoms with Crippen LogP contribution in [0.15, 0.2) is 0 Å². The lowest BCUT2D eigenvalue weighted by molar-refractivity contribution is -0.135. The van der Waals surface area contributed by atoms with E-state index in [9.17, 15) is 9.59 Å². The van der Waals surface area contributed by atoms with Crippen molar-refractivity contribution in [3.8, 4) is 0 Å². The van der Waals surface area contributed by atoms with Crippen molar-refractivity contribution in [1.29, 1.82) is 0 Å². The van der Waals surface area contributed by atoms with Gasteiger partial charge in [-0.1, -0.05) is 0 Å². The second kappa shape index (κ2) is 10.3. The Hall–Kier alpha value is -0.560. The van der Waals surface area contributed by atoms with E-state index in [4.69, 9.17) is 0 Å². The summed E-state index contributed by atoms with van der Waals surface area (Å²) in [5, 5.41) is 3.26. The molecule has 2 amide bonds. The molecule has 0 aromatic carbocycles. The third-order valence-electron chi connectivity index (χ3n) is 4.18. The molecule has 8 heteroatoms. The van der Waals surface area contributed by atoms with Gasteiger partial charge in [-0.25, -0.2) is 0 Å². The molecule has 0 spiro atoms. The van der Waals surface area contributed by atoms with E-state index in [1.54, 1.807) is 19.0 Å². The van der Waals surface area contributed by atoms with Gasteiger partial charge in [0.2, 0.25) is 11.8 Å². The van der Waals surface area contributed by atoms with E-state index in [0.29, 0.717) is 6.42 Å². The number of nitrogens with one attached hydrogen (secondary N) is 1. The second-order valence-electron chi connectivity index (χ2n) is 5.85. The molecule has 0 aromatic heterocycles. The van der Waals surface area contributed by atoms with Crippen molar-refractivity contribution in [2.45, 2.75) is 25.3 Å². The van der Waals surface area contributed by atoms with Crippen molar-refractivity contribution < 1.29 is 9.59 Å². The van der Waals surface area contributed by atoms with Crippen molar-refractivity contribution in [3.63, 3.8) is 0 Å². The fourth-order valence-corrected chi connectivity index (χ4v) is 2.78. The van der Waals surface area contributed by atoms with E-state index < -0.39 is 0 Å². The molecule has 2 rings (SSSR count). The van der Waals surface area contributed by atoms with E-state index in [2.05, 4.69) is 10.2 Å². The molecule has 1 unspecified atom stereocenters. The van der Waals surface area contributed by atoms with Crippen molar-refractivity contribution >= 4 is 36.6 Å². The fraction of sp³-hybridized carbons (Fsp3) is 0.857. The molecular weight excluding hydrogens is 327 g/mol. The van der Waals surface area contributed by atoms with Gasteiger partial charge >= 0.3 is 0 Å². The zero-order valence-electron chi connectivity index (χ0n) is 13.4. The van der Waals surface area contributed by atoms with Crippen LogP contribution >= 0.6 is 24.8 Å². The summed E-state index contributed by atoms with van der Waals surface area (Å²) in [5.74, 6) is 0.421. The Balaban J connectivity index is 0.00000220. The van der Waals surface area contributed by atoms with Crippen LogP contribution in [0.25, 0.3) is 0 Å². The number of nitrogens with zero attached hydrogens (tertiary/aromatic N) is 3. The first-order chi connectivity index (χ1) is 9.58. The lowest BCUT2D eigenvalue weighted by Crippen LogP contribution is -2.53. The average Bonchev–Trinajstić information content (AvgIpc) is 2.98. The molecule has 6 nitrogen and oxygen atoms in total. The molecule has 0 bridgehead atoms. The normalized spacial score (nSPS) is 21.7. The van der Waals surface area contributed by atoms with Gasteiger partial charge in [0.25, 0.3) is 0 Å². The Kier molecular flexibility index (Phi) is 10.00. The van der Waals surface area contributed by atoms with Crippen LogP contribution in [0.4, 0.5) is 0 Å². The second-order valence-corrected chi connectivity index (χ2v) is 5.85. The van der Waals surface area contributed by atoms with E-state index in [-0.39, 0.29) is 42.7 Å². The van der Waals surface area contributed by atoms with Crippen molar-refractivity contribution in [2.24, 2.45) is 0 Å². The lowest BCUT2D eigenvalue weighted by atomic mass is 10.2. The topological polar surface area (TPSA) is 55.9 Å². The Morgan fingerprint density at radius 2 is 1.77 bits per heavy atom. The summed E-state index contributed by atoms with van der Waals surface area (Å²) in [6.45, 7) is 5.07. The van der Waals surface area contributed by atoms with Crippen molar-refractivity contribution in [2.75, 3.05) is 53.4 Å². The van der Waals surface area contributed by atoms with Crippen LogP contribution in [0.3, 0.4) is 0 Å². The molecular formula is C14H28Cl2N4O2. The van der Waals surface area contributed by atoms with Gasteiger partial charge in [-0.3, -0.25) is 14.5 Å². The fourth-order valence-electron chi connectivity index (χ4n) is 2.78. The zero-order chi connectivity index (χ0) is 14.5. The summed E-state index contributed by atoms with van der Waals surface area (Å²) in [6.07, 6.45) is 2.63. The monoisotopic (exact) mass is 354 g/mol. The summed E-state index contributed by atoms with van der Waals surface area (Å²) >= 11 is 0. The van der Waals surface area contributed by atoms with Gasteiger partial charge in [0.15, 0.2) is 0 Å². The van der Waals surface area contributed by atoms with Crippen molar-refractivity contribution in [1.82, 2.24) is 20.0 Å².